The summed E-state index contributed by atoms with van der Waals surface area (Å²) in [6.07, 6.45) is 6.46. The number of pyridine rings is 2. The first-order valence-corrected chi connectivity index (χ1v) is 9.01. The SMILES string of the molecule is CN(N)C/C=C/C(=O)Nc1cc2c(Nc3cccc(Br)c3)ccnc2cn1. The molecule has 0 saturated carbocycles. The third kappa shape index (κ3) is 5.33. The molecule has 4 N–H and O–H groups in total. The van der Waals surface area contributed by atoms with Gasteiger partial charge in [0.15, 0.2) is 0 Å². The van der Waals surface area contributed by atoms with Gasteiger partial charge in [-0.25, -0.2) is 9.99 Å². The number of amides is 1. The highest BCUT2D eigenvalue weighted by Gasteiger charge is 2.07. The molecule has 0 fully saturated rings. The molecule has 8 heteroatoms. The summed E-state index contributed by atoms with van der Waals surface area (Å²) in [5, 5.41) is 8.45. The Labute approximate surface area is 165 Å². The lowest BCUT2D eigenvalue weighted by molar-refractivity contribution is -0.111. The van der Waals surface area contributed by atoms with Crippen LogP contribution in [-0.2, 0) is 4.79 Å². The molecule has 0 unspecified atom stereocenters. The predicted molar refractivity (Wildman–Crippen MR) is 112 cm³/mol. The number of hydrazine groups is 1. The van der Waals surface area contributed by atoms with Crippen LogP contribution in [-0.4, -0.2) is 34.5 Å². The Morgan fingerprint density at radius 1 is 1.30 bits per heavy atom. The molecule has 0 aliphatic heterocycles. The standard InChI is InChI=1S/C19H19BrN6O/c1-26(21)9-3-6-19(27)25-18-11-15-16(7-8-22-17(15)12-23-18)24-14-5-2-4-13(20)10-14/h2-8,10-12H,9,21H2,1H3,(H,22,24)(H,23,25,27)/b6-3+. The Hall–Kier alpha value is -2.81. The van der Waals surface area contributed by atoms with E-state index in [0.717, 1.165) is 26.8 Å². The molecule has 0 radical (unpaired) electrons. The van der Waals surface area contributed by atoms with E-state index >= 15 is 0 Å². The summed E-state index contributed by atoms with van der Waals surface area (Å²) in [4.78, 5) is 20.6. The highest BCUT2D eigenvalue weighted by molar-refractivity contribution is 9.10. The summed E-state index contributed by atoms with van der Waals surface area (Å²) in [6, 6.07) is 11.5. The molecule has 2 heterocycles. The number of rotatable bonds is 6. The third-order valence-corrected chi connectivity index (χ3v) is 4.14. The van der Waals surface area contributed by atoms with Crippen molar-refractivity contribution in [2.45, 2.75) is 0 Å². The molecular formula is C19H19BrN6O. The average molecular weight is 427 g/mol. The lowest BCUT2D eigenvalue weighted by atomic mass is 10.2. The Kier molecular flexibility index (Phi) is 6.12. The van der Waals surface area contributed by atoms with E-state index in [0.29, 0.717) is 12.4 Å². The fourth-order valence-electron chi connectivity index (χ4n) is 2.44. The van der Waals surface area contributed by atoms with Crippen LogP contribution in [0.15, 0.2) is 65.4 Å². The summed E-state index contributed by atoms with van der Waals surface area (Å²) < 4.78 is 0.982. The van der Waals surface area contributed by atoms with Crippen LogP contribution in [0.5, 0.6) is 0 Å². The van der Waals surface area contributed by atoms with Crippen molar-refractivity contribution in [2.24, 2.45) is 5.84 Å². The van der Waals surface area contributed by atoms with Gasteiger partial charge in [0.05, 0.1) is 11.7 Å². The second-order valence-electron chi connectivity index (χ2n) is 5.91. The van der Waals surface area contributed by atoms with Crippen LogP contribution < -0.4 is 16.5 Å². The fraction of sp³-hybridized carbons (Fsp3) is 0.105. The molecule has 27 heavy (non-hydrogen) atoms. The van der Waals surface area contributed by atoms with Crippen molar-refractivity contribution in [2.75, 3.05) is 24.2 Å². The number of nitrogens with zero attached hydrogens (tertiary/aromatic N) is 3. The summed E-state index contributed by atoms with van der Waals surface area (Å²) in [5.74, 6) is 5.68. The van der Waals surface area contributed by atoms with Crippen molar-refractivity contribution in [3.8, 4) is 0 Å². The highest BCUT2D eigenvalue weighted by atomic mass is 79.9. The Morgan fingerprint density at radius 2 is 2.15 bits per heavy atom. The summed E-state index contributed by atoms with van der Waals surface area (Å²) in [5.41, 5.74) is 2.54. The van der Waals surface area contributed by atoms with Crippen molar-refractivity contribution < 1.29 is 4.79 Å². The topological polar surface area (TPSA) is 96.2 Å². The number of likely N-dealkylation sites (N-methyl/N-ethyl adjacent to an activating group) is 1. The second-order valence-corrected chi connectivity index (χ2v) is 6.83. The molecule has 0 saturated heterocycles. The maximum absolute atomic E-state index is 12.0. The summed E-state index contributed by atoms with van der Waals surface area (Å²) >= 11 is 3.47. The van der Waals surface area contributed by atoms with Crippen molar-refractivity contribution >= 4 is 49.9 Å². The minimum Gasteiger partial charge on any atom is -0.355 e. The van der Waals surface area contributed by atoms with Crippen LogP contribution in [0, 0.1) is 0 Å². The van der Waals surface area contributed by atoms with E-state index in [1.165, 1.54) is 11.1 Å². The molecule has 2 aromatic heterocycles. The average Bonchev–Trinajstić information content (AvgIpc) is 2.62. The van der Waals surface area contributed by atoms with Gasteiger partial charge in [-0.05, 0) is 30.3 Å². The minimum absolute atomic E-state index is 0.269. The molecule has 0 atom stereocenters. The van der Waals surface area contributed by atoms with Crippen molar-refractivity contribution in [3.05, 3.63) is 65.4 Å². The molecule has 0 spiro atoms. The van der Waals surface area contributed by atoms with Crippen molar-refractivity contribution in [1.29, 1.82) is 0 Å². The van der Waals surface area contributed by atoms with Gasteiger partial charge in [0.25, 0.3) is 0 Å². The van der Waals surface area contributed by atoms with Gasteiger partial charge in [0.2, 0.25) is 5.91 Å². The highest BCUT2D eigenvalue weighted by Crippen LogP contribution is 2.27. The predicted octanol–water partition coefficient (Wildman–Crippen LogP) is 3.44. The van der Waals surface area contributed by atoms with E-state index in [1.54, 1.807) is 31.6 Å². The maximum atomic E-state index is 12.0. The summed E-state index contributed by atoms with van der Waals surface area (Å²) in [7, 11) is 1.72. The molecule has 1 aromatic carbocycles. The fourth-order valence-corrected chi connectivity index (χ4v) is 2.84. The van der Waals surface area contributed by atoms with Gasteiger partial charge in [-0.15, -0.1) is 0 Å². The van der Waals surface area contributed by atoms with Gasteiger partial charge in [0, 0.05) is 47.1 Å². The van der Waals surface area contributed by atoms with Crippen LogP contribution >= 0.6 is 15.9 Å². The molecule has 7 nitrogen and oxygen atoms in total. The number of benzene rings is 1. The van der Waals surface area contributed by atoms with Crippen molar-refractivity contribution in [3.63, 3.8) is 0 Å². The van der Waals surface area contributed by atoms with Gasteiger partial charge < -0.3 is 10.6 Å². The minimum atomic E-state index is -0.269. The van der Waals surface area contributed by atoms with Crippen LogP contribution in [0.4, 0.5) is 17.2 Å². The van der Waals surface area contributed by atoms with Gasteiger partial charge in [-0.1, -0.05) is 28.1 Å². The molecule has 1 amide bonds. The molecule has 138 valence electrons. The molecule has 3 rings (SSSR count). The number of aromatic nitrogens is 2. The first kappa shape index (κ1) is 19.0. The van der Waals surface area contributed by atoms with E-state index in [4.69, 9.17) is 5.84 Å². The Morgan fingerprint density at radius 3 is 2.93 bits per heavy atom. The lowest BCUT2D eigenvalue weighted by Gasteiger charge is -2.11. The molecular weight excluding hydrogens is 408 g/mol. The van der Waals surface area contributed by atoms with Gasteiger partial charge >= 0.3 is 0 Å². The van der Waals surface area contributed by atoms with E-state index in [-0.39, 0.29) is 5.91 Å². The molecule has 0 aliphatic rings. The number of hydrogen-bond donors (Lipinski definition) is 3. The molecule has 0 aliphatic carbocycles. The normalized spacial score (nSPS) is 11.3. The number of hydrogen-bond acceptors (Lipinski definition) is 6. The van der Waals surface area contributed by atoms with E-state index in [9.17, 15) is 4.79 Å². The third-order valence-electron chi connectivity index (χ3n) is 3.65. The van der Waals surface area contributed by atoms with Crippen LogP contribution in [0.1, 0.15) is 0 Å². The van der Waals surface area contributed by atoms with E-state index < -0.39 is 0 Å². The number of carbonyl (C=O) groups is 1. The zero-order valence-corrected chi connectivity index (χ0v) is 16.3. The molecule has 3 aromatic rings. The number of halogens is 1. The largest absolute Gasteiger partial charge is 0.355 e. The monoisotopic (exact) mass is 426 g/mol. The first-order chi connectivity index (χ1) is 13.0. The second kappa shape index (κ2) is 8.72. The Balaban J connectivity index is 1.83. The Bertz CT molecular complexity index is 989. The number of nitrogens with two attached hydrogens (primary N) is 1. The zero-order chi connectivity index (χ0) is 19.2. The maximum Gasteiger partial charge on any atom is 0.249 e. The van der Waals surface area contributed by atoms with Gasteiger partial charge in [-0.3, -0.25) is 15.6 Å². The number of nitrogens with one attached hydrogen (secondary N) is 2. The van der Waals surface area contributed by atoms with Crippen LogP contribution in [0.2, 0.25) is 0 Å². The smallest absolute Gasteiger partial charge is 0.249 e. The van der Waals surface area contributed by atoms with E-state index in [1.807, 2.05) is 30.3 Å². The first-order valence-electron chi connectivity index (χ1n) is 8.22. The zero-order valence-electron chi connectivity index (χ0n) is 14.7. The van der Waals surface area contributed by atoms with E-state index in [2.05, 4.69) is 36.5 Å². The van der Waals surface area contributed by atoms with Gasteiger partial charge in [-0.2, -0.15) is 0 Å². The summed E-state index contributed by atoms with van der Waals surface area (Å²) in [6.45, 7) is 0.475. The quantitative estimate of drug-likeness (QED) is 0.317. The number of fused-ring (bicyclic) bond motifs is 1. The lowest BCUT2D eigenvalue weighted by Crippen LogP contribution is -2.25. The van der Waals surface area contributed by atoms with Gasteiger partial charge in [0.1, 0.15) is 5.82 Å². The molecule has 0 bridgehead atoms. The number of carbonyl (C=O) groups excluding carboxylic acids is 1. The number of anilines is 3. The van der Waals surface area contributed by atoms with Crippen LogP contribution in [0.25, 0.3) is 10.9 Å². The van der Waals surface area contributed by atoms with Crippen LogP contribution in [0.3, 0.4) is 0 Å². The van der Waals surface area contributed by atoms with Crippen molar-refractivity contribution in [1.82, 2.24) is 15.0 Å².